The Kier molecular flexibility index (Phi) is 26.9. The summed E-state index contributed by atoms with van der Waals surface area (Å²) < 4.78 is 16.9. The summed E-state index contributed by atoms with van der Waals surface area (Å²) in [5.74, 6) is -1.80. The molecule has 256 valence electrons. The molecule has 0 fully saturated rings. The number of ether oxygens (including phenoxy) is 3. The molecule has 0 aromatic rings. The summed E-state index contributed by atoms with van der Waals surface area (Å²) in [6.45, 7) is 4.52. The topological polar surface area (TPSA) is 102 Å². The number of unbranched alkanes of at least 4 members (excludes halogenated alkanes) is 12. The molecule has 0 saturated carbocycles. The predicted octanol–water partition coefficient (Wildman–Crippen LogP) is 6.85. The Hall–Kier alpha value is -2.19. The minimum Gasteiger partial charge on any atom is -0.544 e. The van der Waals surface area contributed by atoms with Gasteiger partial charge in [0.25, 0.3) is 0 Å². The lowest BCUT2D eigenvalue weighted by Gasteiger charge is -2.34. The number of hydrogen-bond acceptors (Lipinski definition) is 7. The highest BCUT2D eigenvalue weighted by atomic mass is 16.6. The molecule has 0 radical (unpaired) electrons. The van der Waals surface area contributed by atoms with Gasteiger partial charge in [-0.2, -0.15) is 0 Å². The van der Waals surface area contributed by atoms with Gasteiger partial charge in [0.2, 0.25) is 0 Å². The van der Waals surface area contributed by atoms with E-state index in [1.54, 1.807) is 21.1 Å². The van der Waals surface area contributed by atoms with E-state index in [-0.39, 0.29) is 49.1 Å². The third kappa shape index (κ3) is 26.2. The third-order valence-electron chi connectivity index (χ3n) is 7.56. The highest BCUT2D eigenvalue weighted by Gasteiger charge is 2.25. The predicted molar refractivity (Wildman–Crippen MR) is 176 cm³/mol. The van der Waals surface area contributed by atoms with Crippen LogP contribution in [-0.2, 0) is 28.6 Å². The second-order valence-corrected chi connectivity index (χ2v) is 12.7. The number of esters is 2. The molecule has 0 bridgehead atoms. The Bertz CT molecular complexity index is 788. The highest BCUT2D eigenvalue weighted by Crippen LogP contribution is 2.11. The van der Waals surface area contributed by atoms with Gasteiger partial charge in [-0.05, 0) is 51.4 Å². The van der Waals surface area contributed by atoms with Gasteiger partial charge in [-0.1, -0.05) is 89.5 Å². The van der Waals surface area contributed by atoms with E-state index >= 15 is 0 Å². The van der Waals surface area contributed by atoms with E-state index in [0.29, 0.717) is 12.8 Å². The molecule has 0 aliphatic carbocycles. The van der Waals surface area contributed by atoms with Gasteiger partial charge in [0.05, 0.1) is 40.3 Å². The fraction of sp³-hybridized carbons (Fsp3) is 0.806. The Labute approximate surface area is 269 Å². The second kappa shape index (κ2) is 28.3. The van der Waals surface area contributed by atoms with E-state index in [1.165, 1.54) is 51.4 Å². The number of carbonyl (C=O) groups is 3. The van der Waals surface area contributed by atoms with E-state index in [9.17, 15) is 19.5 Å². The number of carbonyl (C=O) groups excluding carboxylic acids is 3. The first-order chi connectivity index (χ1) is 21.1. The van der Waals surface area contributed by atoms with Crippen molar-refractivity contribution in [3.8, 4) is 0 Å². The summed E-state index contributed by atoms with van der Waals surface area (Å²) in [6.07, 6.45) is 26.4. The van der Waals surface area contributed by atoms with Crippen molar-refractivity contribution in [3.63, 3.8) is 0 Å². The molecule has 8 nitrogen and oxygen atoms in total. The van der Waals surface area contributed by atoms with Gasteiger partial charge >= 0.3 is 11.9 Å². The van der Waals surface area contributed by atoms with Crippen LogP contribution in [0, 0.1) is 0 Å². The van der Waals surface area contributed by atoms with Crippen molar-refractivity contribution in [3.05, 3.63) is 24.3 Å². The first-order valence-corrected chi connectivity index (χ1v) is 17.4. The van der Waals surface area contributed by atoms with Gasteiger partial charge in [-0.3, -0.25) is 9.59 Å². The number of carboxylic acids is 1. The van der Waals surface area contributed by atoms with Crippen LogP contribution in [0.2, 0.25) is 0 Å². The van der Waals surface area contributed by atoms with Crippen molar-refractivity contribution >= 4 is 17.9 Å². The van der Waals surface area contributed by atoms with E-state index in [4.69, 9.17) is 14.2 Å². The zero-order valence-corrected chi connectivity index (χ0v) is 28.8. The zero-order chi connectivity index (χ0) is 32.9. The van der Waals surface area contributed by atoms with Crippen molar-refractivity contribution in [2.45, 2.75) is 148 Å². The van der Waals surface area contributed by atoms with Gasteiger partial charge in [-0.15, -0.1) is 0 Å². The molecule has 8 heteroatoms. The molecular weight excluding hydrogens is 558 g/mol. The number of carboxylic acid groups (broad SMARTS) is 1. The number of rotatable bonds is 30. The summed E-state index contributed by atoms with van der Waals surface area (Å²) in [6, 6.07) is -0.726. The van der Waals surface area contributed by atoms with Crippen LogP contribution in [0.25, 0.3) is 0 Å². The smallest absolute Gasteiger partial charge is 0.306 e. The first-order valence-electron chi connectivity index (χ1n) is 17.4. The molecule has 0 aromatic carbocycles. The summed E-state index contributed by atoms with van der Waals surface area (Å²) in [7, 11) is 5.37. The van der Waals surface area contributed by atoms with E-state index in [0.717, 1.165) is 44.9 Å². The number of aliphatic carboxylic acids is 1. The largest absolute Gasteiger partial charge is 0.544 e. The number of allylic oxidation sites excluding steroid dienone is 4. The van der Waals surface area contributed by atoms with Crippen LogP contribution in [0.5, 0.6) is 0 Å². The average Bonchev–Trinajstić information content (AvgIpc) is 2.96. The van der Waals surface area contributed by atoms with Crippen molar-refractivity contribution in [2.24, 2.45) is 0 Å². The molecule has 0 aromatic heterocycles. The van der Waals surface area contributed by atoms with Gasteiger partial charge in [-0.25, -0.2) is 0 Å². The second-order valence-electron chi connectivity index (χ2n) is 12.7. The number of likely N-dealkylation sites (N-methyl/N-ethyl adjacent to an activating group) is 1. The molecule has 0 amide bonds. The molecule has 2 atom stereocenters. The van der Waals surface area contributed by atoms with Crippen LogP contribution in [0.3, 0.4) is 0 Å². The molecule has 0 saturated heterocycles. The summed E-state index contributed by atoms with van der Waals surface area (Å²) in [4.78, 5) is 36.4. The maximum Gasteiger partial charge on any atom is 0.306 e. The van der Waals surface area contributed by atoms with E-state index in [2.05, 4.69) is 38.2 Å². The Morgan fingerprint density at radius 3 is 1.77 bits per heavy atom. The van der Waals surface area contributed by atoms with Gasteiger partial charge < -0.3 is 28.6 Å². The quantitative estimate of drug-likeness (QED) is 0.0373. The SMILES string of the molecule is CCCC/C=C/CCCCCCCC(=O)OCC(COCCC(C(=O)[O-])[N+](C)(C)C)OC(=O)CCC/C=C/CCCCCC. The van der Waals surface area contributed by atoms with Crippen molar-refractivity contribution in [2.75, 3.05) is 41.0 Å². The lowest BCUT2D eigenvalue weighted by molar-refractivity contribution is -0.889. The van der Waals surface area contributed by atoms with Crippen molar-refractivity contribution < 1.29 is 38.2 Å². The maximum absolute atomic E-state index is 12.5. The average molecular weight is 624 g/mol. The molecule has 44 heavy (non-hydrogen) atoms. The lowest BCUT2D eigenvalue weighted by atomic mass is 10.1. The minimum absolute atomic E-state index is 0.0283. The first kappa shape index (κ1) is 41.8. The zero-order valence-electron chi connectivity index (χ0n) is 28.8. The number of hydrogen-bond donors (Lipinski definition) is 0. The highest BCUT2D eigenvalue weighted by molar-refractivity contribution is 5.70. The van der Waals surface area contributed by atoms with Crippen LogP contribution in [-0.4, -0.2) is 75.5 Å². The molecule has 0 heterocycles. The van der Waals surface area contributed by atoms with Crippen LogP contribution < -0.4 is 5.11 Å². The Morgan fingerprint density at radius 1 is 0.659 bits per heavy atom. The number of nitrogens with zero attached hydrogens (tertiary/aromatic N) is 1. The standard InChI is InChI=1S/C36H65NO7/c1-6-8-10-12-14-16-17-19-20-22-24-26-34(38)43-31-32(30-42-29-28-33(36(40)41)37(3,4)5)44-35(39)27-25-23-21-18-15-13-11-9-7-2/h12,14,18,21,32-33H,6-11,13,15-17,19-20,22-31H2,1-5H3/b14-12+,21-18+. The fourth-order valence-corrected chi connectivity index (χ4v) is 4.76. The van der Waals surface area contributed by atoms with Crippen LogP contribution in [0.1, 0.15) is 136 Å². The molecule has 0 aliphatic rings. The van der Waals surface area contributed by atoms with Crippen molar-refractivity contribution in [1.29, 1.82) is 0 Å². The molecular formula is C36H65NO7. The van der Waals surface area contributed by atoms with Gasteiger partial charge in [0.1, 0.15) is 12.6 Å². The van der Waals surface area contributed by atoms with Crippen LogP contribution in [0.4, 0.5) is 0 Å². The molecule has 0 rings (SSSR count). The third-order valence-corrected chi connectivity index (χ3v) is 7.56. The molecule has 0 N–H and O–H groups in total. The van der Waals surface area contributed by atoms with Crippen molar-refractivity contribution in [1.82, 2.24) is 0 Å². The fourth-order valence-electron chi connectivity index (χ4n) is 4.76. The summed E-state index contributed by atoms with van der Waals surface area (Å²) in [5, 5.41) is 11.5. The normalized spacial score (nSPS) is 13.4. The molecule has 2 unspecified atom stereocenters. The summed E-state index contributed by atoms with van der Waals surface area (Å²) in [5.41, 5.74) is 0. The summed E-state index contributed by atoms with van der Waals surface area (Å²) >= 11 is 0. The molecule has 0 spiro atoms. The van der Waals surface area contributed by atoms with E-state index < -0.39 is 18.1 Å². The van der Waals surface area contributed by atoms with E-state index in [1.807, 2.05) is 0 Å². The van der Waals surface area contributed by atoms with Gasteiger partial charge in [0.15, 0.2) is 6.10 Å². The Morgan fingerprint density at radius 2 is 1.18 bits per heavy atom. The Balaban J connectivity index is 4.52. The minimum atomic E-state index is -1.13. The van der Waals surface area contributed by atoms with Crippen LogP contribution in [0.15, 0.2) is 24.3 Å². The number of quaternary nitrogens is 1. The van der Waals surface area contributed by atoms with Gasteiger partial charge in [0, 0.05) is 19.3 Å². The molecule has 0 aliphatic heterocycles. The lowest BCUT2D eigenvalue weighted by Crippen LogP contribution is -2.55. The maximum atomic E-state index is 12.5. The van der Waals surface area contributed by atoms with Crippen LogP contribution >= 0.6 is 0 Å². The monoisotopic (exact) mass is 623 g/mol.